The van der Waals surface area contributed by atoms with Crippen LogP contribution >= 0.6 is 0 Å². The summed E-state index contributed by atoms with van der Waals surface area (Å²) in [6, 6.07) is 10.0. The summed E-state index contributed by atoms with van der Waals surface area (Å²) in [5, 5.41) is 15.7. The molecule has 156 valence electrons. The molecule has 3 N–H and O–H groups in total. The van der Waals surface area contributed by atoms with Crippen molar-refractivity contribution in [1.82, 2.24) is 10.2 Å². The smallest absolute Gasteiger partial charge is 0.256 e. The Morgan fingerprint density at radius 2 is 1.80 bits per heavy atom. The van der Waals surface area contributed by atoms with Gasteiger partial charge in [-0.05, 0) is 26.0 Å². The number of nitrogens with zero attached hydrogens (tertiary/aromatic N) is 1. The normalized spacial score (nSPS) is 20.6. The molecule has 1 aliphatic carbocycles. The lowest BCUT2D eigenvalue weighted by Crippen LogP contribution is -2.56. The molecule has 1 fully saturated rings. The first kappa shape index (κ1) is 20.3. The molecule has 2 aromatic rings. The maximum absolute atomic E-state index is 13.5. The third-order valence-corrected chi connectivity index (χ3v) is 5.76. The first-order valence-corrected chi connectivity index (χ1v) is 10.2. The SMILES string of the molecule is C[C@@H]1CN(C(=O)c2ccc3c(c2NCCO)C(=O)c2ccccc2C3=O)[C@@H](C)CN1. The van der Waals surface area contributed by atoms with E-state index in [1.807, 2.05) is 13.8 Å². The first-order chi connectivity index (χ1) is 14.4. The highest BCUT2D eigenvalue weighted by atomic mass is 16.3. The zero-order valence-corrected chi connectivity index (χ0v) is 17.1. The fraction of sp³-hybridized carbons (Fsp3) is 0.348. The van der Waals surface area contributed by atoms with E-state index in [9.17, 15) is 19.5 Å². The molecule has 0 spiro atoms. The fourth-order valence-electron chi connectivity index (χ4n) is 4.19. The molecular formula is C23H25N3O4. The Labute approximate surface area is 175 Å². The molecule has 0 bridgehead atoms. The highest BCUT2D eigenvalue weighted by molar-refractivity contribution is 6.31. The van der Waals surface area contributed by atoms with Gasteiger partial charge in [-0.2, -0.15) is 0 Å². The Morgan fingerprint density at radius 1 is 1.10 bits per heavy atom. The maximum Gasteiger partial charge on any atom is 0.256 e. The number of aliphatic hydroxyl groups is 1. The number of piperazine rings is 1. The van der Waals surface area contributed by atoms with E-state index in [4.69, 9.17) is 0 Å². The van der Waals surface area contributed by atoms with Gasteiger partial charge in [0.1, 0.15) is 0 Å². The molecule has 30 heavy (non-hydrogen) atoms. The van der Waals surface area contributed by atoms with E-state index in [0.29, 0.717) is 35.5 Å². The topological polar surface area (TPSA) is 98.7 Å². The number of fused-ring (bicyclic) bond motifs is 2. The van der Waals surface area contributed by atoms with Crippen molar-refractivity contribution in [2.75, 3.05) is 31.6 Å². The Bertz CT molecular complexity index is 1030. The molecule has 0 unspecified atom stereocenters. The summed E-state index contributed by atoms with van der Waals surface area (Å²) in [6.45, 7) is 5.21. The average molecular weight is 407 g/mol. The number of rotatable bonds is 4. The summed E-state index contributed by atoms with van der Waals surface area (Å²) in [5.74, 6) is -0.731. The molecular weight excluding hydrogens is 382 g/mol. The lowest BCUT2D eigenvalue weighted by molar-refractivity contribution is 0.0617. The molecule has 0 aromatic heterocycles. The number of anilines is 1. The van der Waals surface area contributed by atoms with Crippen LogP contribution in [0.5, 0.6) is 0 Å². The van der Waals surface area contributed by atoms with Gasteiger partial charge in [0.25, 0.3) is 5.91 Å². The van der Waals surface area contributed by atoms with Gasteiger partial charge in [0, 0.05) is 48.4 Å². The van der Waals surface area contributed by atoms with Crippen LogP contribution in [0.4, 0.5) is 5.69 Å². The van der Waals surface area contributed by atoms with Gasteiger partial charge >= 0.3 is 0 Å². The van der Waals surface area contributed by atoms with Gasteiger partial charge in [-0.15, -0.1) is 0 Å². The van der Waals surface area contributed by atoms with Crippen molar-refractivity contribution >= 4 is 23.2 Å². The molecule has 0 radical (unpaired) electrons. The number of carbonyl (C=O) groups is 3. The van der Waals surface area contributed by atoms with E-state index >= 15 is 0 Å². The Morgan fingerprint density at radius 3 is 2.50 bits per heavy atom. The molecule has 7 nitrogen and oxygen atoms in total. The van der Waals surface area contributed by atoms with Crippen molar-refractivity contribution in [3.8, 4) is 0 Å². The summed E-state index contributed by atoms with van der Waals surface area (Å²) in [5.41, 5.74) is 1.83. The van der Waals surface area contributed by atoms with E-state index in [2.05, 4.69) is 10.6 Å². The third kappa shape index (κ3) is 3.30. The van der Waals surface area contributed by atoms with Crippen LogP contribution in [0.25, 0.3) is 0 Å². The average Bonchev–Trinajstić information content (AvgIpc) is 2.76. The standard InChI is InChI=1S/C23H25N3O4/c1-13-12-26(14(2)11-25-13)23(30)18-8-7-17-19(20(18)24-9-10-27)22(29)16-6-4-3-5-15(16)21(17)28/h3-8,13-14,24-25,27H,9-12H2,1-2H3/t13-,14+/m1/s1. The van der Waals surface area contributed by atoms with Crippen molar-refractivity contribution in [3.05, 3.63) is 64.2 Å². The van der Waals surface area contributed by atoms with Gasteiger partial charge in [0.15, 0.2) is 11.6 Å². The largest absolute Gasteiger partial charge is 0.395 e. The van der Waals surface area contributed by atoms with Crippen LogP contribution in [0.3, 0.4) is 0 Å². The fourth-order valence-corrected chi connectivity index (χ4v) is 4.19. The molecule has 2 atom stereocenters. The lowest BCUT2D eigenvalue weighted by Gasteiger charge is -2.38. The van der Waals surface area contributed by atoms with Crippen LogP contribution in [0, 0.1) is 0 Å². The van der Waals surface area contributed by atoms with Crippen LogP contribution in [0.1, 0.15) is 56.0 Å². The van der Waals surface area contributed by atoms with Crippen molar-refractivity contribution in [2.45, 2.75) is 25.9 Å². The summed E-state index contributed by atoms with van der Waals surface area (Å²) < 4.78 is 0. The molecule has 0 saturated carbocycles. The lowest BCUT2D eigenvalue weighted by atomic mass is 9.82. The molecule has 1 saturated heterocycles. The minimum Gasteiger partial charge on any atom is -0.395 e. The Balaban J connectivity index is 1.84. The second-order valence-corrected chi connectivity index (χ2v) is 7.88. The number of hydrogen-bond donors (Lipinski definition) is 3. The van der Waals surface area contributed by atoms with E-state index in [1.54, 1.807) is 41.3 Å². The van der Waals surface area contributed by atoms with Gasteiger partial charge in [0.2, 0.25) is 0 Å². The minimum absolute atomic E-state index is 0.00603. The van der Waals surface area contributed by atoms with E-state index in [-0.39, 0.29) is 53.8 Å². The number of carbonyl (C=O) groups excluding carboxylic acids is 3. The van der Waals surface area contributed by atoms with Crippen molar-refractivity contribution < 1.29 is 19.5 Å². The summed E-state index contributed by atoms with van der Waals surface area (Å²) in [6.07, 6.45) is 0. The Hall–Kier alpha value is -3.03. The number of amides is 1. The van der Waals surface area contributed by atoms with Crippen LogP contribution in [0.2, 0.25) is 0 Å². The first-order valence-electron chi connectivity index (χ1n) is 10.2. The number of nitrogens with one attached hydrogen (secondary N) is 2. The quantitative estimate of drug-likeness (QED) is 0.609. The highest BCUT2D eigenvalue weighted by Crippen LogP contribution is 2.35. The van der Waals surface area contributed by atoms with Gasteiger partial charge in [-0.1, -0.05) is 24.3 Å². The molecule has 1 heterocycles. The summed E-state index contributed by atoms with van der Waals surface area (Å²) in [4.78, 5) is 41.6. The number of ketones is 2. The third-order valence-electron chi connectivity index (χ3n) is 5.76. The zero-order chi connectivity index (χ0) is 21.4. The van der Waals surface area contributed by atoms with E-state index in [1.165, 1.54) is 0 Å². The second kappa shape index (κ2) is 8.01. The summed E-state index contributed by atoms with van der Waals surface area (Å²) in [7, 11) is 0. The van der Waals surface area contributed by atoms with Crippen LogP contribution < -0.4 is 10.6 Å². The molecule has 2 aliphatic rings. The molecule has 1 amide bonds. The molecule has 4 rings (SSSR count). The van der Waals surface area contributed by atoms with Gasteiger partial charge < -0.3 is 20.6 Å². The van der Waals surface area contributed by atoms with Crippen molar-refractivity contribution in [1.29, 1.82) is 0 Å². The number of hydrogen-bond acceptors (Lipinski definition) is 6. The predicted molar refractivity (Wildman–Crippen MR) is 113 cm³/mol. The van der Waals surface area contributed by atoms with Crippen LogP contribution in [0.15, 0.2) is 36.4 Å². The van der Waals surface area contributed by atoms with Crippen molar-refractivity contribution in [3.63, 3.8) is 0 Å². The number of aliphatic hydroxyl groups excluding tert-OH is 1. The highest BCUT2D eigenvalue weighted by Gasteiger charge is 2.35. The van der Waals surface area contributed by atoms with Gasteiger partial charge in [-0.3, -0.25) is 14.4 Å². The monoisotopic (exact) mass is 407 g/mol. The summed E-state index contributed by atoms with van der Waals surface area (Å²) >= 11 is 0. The van der Waals surface area contributed by atoms with Gasteiger partial charge in [-0.25, -0.2) is 0 Å². The van der Waals surface area contributed by atoms with Gasteiger partial charge in [0.05, 0.1) is 23.4 Å². The Kier molecular flexibility index (Phi) is 5.40. The number of benzene rings is 2. The molecule has 1 aliphatic heterocycles. The van der Waals surface area contributed by atoms with E-state index < -0.39 is 0 Å². The zero-order valence-electron chi connectivity index (χ0n) is 17.1. The van der Waals surface area contributed by atoms with Crippen molar-refractivity contribution in [2.24, 2.45) is 0 Å². The maximum atomic E-state index is 13.5. The molecule has 2 aromatic carbocycles. The van der Waals surface area contributed by atoms with Crippen LogP contribution in [-0.2, 0) is 0 Å². The van der Waals surface area contributed by atoms with Crippen LogP contribution in [-0.4, -0.2) is 65.8 Å². The van der Waals surface area contributed by atoms with E-state index in [0.717, 1.165) is 0 Å². The molecule has 7 heteroatoms. The predicted octanol–water partition coefficient (Wildman–Crippen LogP) is 1.69. The minimum atomic E-state index is -0.294. The second-order valence-electron chi connectivity index (χ2n) is 7.88.